The maximum Gasteiger partial charge on any atom is 0.256 e. The van der Waals surface area contributed by atoms with E-state index in [-0.39, 0.29) is 11.3 Å². The Kier molecular flexibility index (Phi) is 2.94. The molecule has 0 aliphatic heterocycles. The van der Waals surface area contributed by atoms with Crippen molar-refractivity contribution in [3.05, 3.63) is 64.2 Å². The summed E-state index contributed by atoms with van der Waals surface area (Å²) in [5.74, 6) is -4.24. The van der Waals surface area contributed by atoms with Crippen LogP contribution in [0.1, 0.15) is 0 Å². The predicted octanol–water partition coefficient (Wildman–Crippen LogP) is 3.19. The number of hydrogen-bond donors (Lipinski definition) is 2. The molecule has 106 valence electrons. The molecule has 0 atom stereocenters. The first-order chi connectivity index (χ1) is 9.99. The van der Waals surface area contributed by atoms with Gasteiger partial charge in [-0.25, -0.2) is 13.2 Å². The number of aromatic amines is 1. The van der Waals surface area contributed by atoms with E-state index in [0.717, 1.165) is 12.1 Å². The summed E-state index contributed by atoms with van der Waals surface area (Å²) in [6.07, 6.45) is 0. The number of pyridine rings is 1. The van der Waals surface area contributed by atoms with Gasteiger partial charge in [0.25, 0.3) is 5.56 Å². The molecule has 0 spiro atoms. The lowest BCUT2D eigenvalue weighted by Crippen LogP contribution is -2.09. The lowest BCUT2D eigenvalue weighted by Gasteiger charge is -2.07. The lowest BCUT2D eigenvalue weighted by atomic mass is 10.1. The fourth-order valence-electron chi connectivity index (χ4n) is 2.19. The zero-order valence-electron chi connectivity index (χ0n) is 10.6. The van der Waals surface area contributed by atoms with Gasteiger partial charge in [0, 0.05) is 22.0 Å². The van der Waals surface area contributed by atoms with Crippen LogP contribution in [0.25, 0.3) is 22.0 Å². The topological polar surface area (TPSA) is 58.9 Å². The average Bonchev–Trinajstić information content (AvgIpc) is 2.46. The Morgan fingerprint density at radius 3 is 2.48 bits per heavy atom. The van der Waals surface area contributed by atoms with Gasteiger partial charge >= 0.3 is 0 Å². The molecular formula is C15H9F3N2O. The first kappa shape index (κ1) is 13.2. The van der Waals surface area contributed by atoms with Gasteiger partial charge in [-0.05, 0) is 30.3 Å². The van der Waals surface area contributed by atoms with Crippen molar-refractivity contribution < 1.29 is 13.2 Å². The number of hydrogen-bond acceptors (Lipinski definition) is 2. The van der Waals surface area contributed by atoms with Crippen molar-refractivity contribution >= 4 is 16.5 Å². The van der Waals surface area contributed by atoms with Crippen LogP contribution >= 0.6 is 0 Å². The van der Waals surface area contributed by atoms with Crippen molar-refractivity contribution in [3.63, 3.8) is 0 Å². The minimum absolute atomic E-state index is 0.0294. The second-order valence-corrected chi connectivity index (χ2v) is 4.54. The predicted molar refractivity (Wildman–Crippen MR) is 74.3 cm³/mol. The van der Waals surface area contributed by atoms with Crippen molar-refractivity contribution in [2.24, 2.45) is 0 Å². The minimum atomic E-state index is -1.59. The largest absolute Gasteiger partial charge is 0.398 e. The molecule has 21 heavy (non-hydrogen) atoms. The van der Waals surface area contributed by atoms with Crippen LogP contribution < -0.4 is 11.3 Å². The first-order valence-corrected chi connectivity index (χ1v) is 6.04. The van der Waals surface area contributed by atoms with Gasteiger partial charge in [-0.2, -0.15) is 0 Å². The van der Waals surface area contributed by atoms with Crippen LogP contribution in [0.5, 0.6) is 0 Å². The highest BCUT2D eigenvalue weighted by Gasteiger charge is 2.16. The van der Waals surface area contributed by atoms with E-state index >= 15 is 0 Å². The highest BCUT2D eigenvalue weighted by molar-refractivity contribution is 5.94. The average molecular weight is 290 g/mol. The van der Waals surface area contributed by atoms with Crippen molar-refractivity contribution in [1.29, 1.82) is 0 Å². The molecule has 1 heterocycles. The molecule has 0 fully saturated rings. The van der Waals surface area contributed by atoms with E-state index in [1.807, 2.05) is 0 Å². The second-order valence-electron chi connectivity index (χ2n) is 4.54. The number of aromatic nitrogens is 1. The third-order valence-corrected chi connectivity index (χ3v) is 3.25. The molecule has 1 aromatic heterocycles. The van der Waals surface area contributed by atoms with Gasteiger partial charge in [0.15, 0.2) is 17.5 Å². The monoisotopic (exact) mass is 290 g/mol. The highest BCUT2D eigenvalue weighted by Crippen LogP contribution is 2.27. The molecule has 3 aromatic rings. The van der Waals surface area contributed by atoms with Crippen LogP contribution in [0.2, 0.25) is 0 Å². The molecule has 0 saturated heterocycles. The molecule has 0 radical (unpaired) electrons. The summed E-state index contributed by atoms with van der Waals surface area (Å²) in [4.78, 5) is 14.4. The van der Waals surface area contributed by atoms with Crippen LogP contribution in [0.4, 0.5) is 18.9 Å². The van der Waals surface area contributed by atoms with E-state index in [2.05, 4.69) is 4.98 Å². The number of halogens is 3. The molecule has 6 heteroatoms. The normalized spacial score (nSPS) is 11.0. The van der Waals surface area contributed by atoms with Crippen LogP contribution in [-0.2, 0) is 0 Å². The number of fused-ring (bicyclic) bond motifs is 1. The number of nitrogens with two attached hydrogens (primary N) is 1. The van der Waals surface area contributed by atoms with Gasteiger partial charge in [0.1, 0.15) is 0 Å². The quantitative estimate of drug-likeness (QED) is 0.534. The van der Waals surface area contributed by atoms with Gasteiger partial charge in [-0.15, -0.1) is 0 Å². The van der Waals surface area contributed by atoms with Gasteiger partial charge in [0.2, 0.25) is 0 Å². The Bertz CT molecular complexity index is 919. The Balaban J connectivity index is 2.34. The van der Waals surface area contributed by atoms with E-state index in [1.165, 1.54) is 6.07 Å². The molecule has 0 bridgehead atoms. The summed E-state index contributed by atoms with van der Waals surface area (Å²) >= 11 is 0. The van der Waals surface area contributed by atoms with Crippen LogP contribution in [0.3, 0.4) is 0 Å². The maximum atomic E-state index is 13.8. The van der Waals surface area contributed by atoms with Crippen molar-refractivity contribution in [1.82, 2.24) is 4.98 Å². The molecule has 3 N–H and O–H groups in total. The molecule has 0 aliphatic rings. The number of H-pyrrole nitrogens is 1. The number of nitrogen functional groups attached to an aromatic ring is 1. The summed E-state index contributed by atoms with van der Waals surface area (Å²) in [7, 11) is 0. The molecule has 3 nitrogen and oxygen atoms in total. The van der Waals surface area contributed by atoms with Crippen LogP contribution in [0, 0.1) is 17.5 Å². The third-order valence-electron chi connectivity index (χ3n) is 3.25. The van der Waals surface area contributed by atoms with Gasteiger partial charge in [0.05, 0.1) is 5.69 Å². The fraction of sp³-hybridized carbons (Fsp3) is 0. The lowest BCUT2D eigenvalue weighted by molar-refractivity contribution is 0.449. The summed E-state index contributed by atoms with van der Waals surface area (Å²) in [6, 6.07) is 8.06. The third kappa shape index (κ3) is 2.05. The fourth-order valence-corrected chi connectivity index (χ4v) is 2.19. The first-order valence-electron chi connectivity index (χ1n) is 6.04. The molecule has 0 unspecified atom stereocenters. The zero-order valence-corrected chi connectivity index (χ0v) is 10.6. The molecule has 3 rings (SSSR count). The van der Waals surface area contributed by atoms with Crippen molar-refractivity contribution in [2.75, 3.05) is 5.73 Å². The standard InChI is InChI=1S/C15H9F3N2O/c16-10-5-4-8(13(17)14(10)18)12-6-9-7(15(21)20-12)2-1-3-11(9)19/h1-6H,19H2,(H,20,21). The summed E-state index contributed by atoms with van der Waals surface area (Å²) in [6.45, 7) is 0. The zero-order chi connectivity index (χ0) is 15.1. The number of nitrogens with one attached hydrogen (secondary N) is 1. The van der Waals surface area contributed by atoms with E-state index in [9.17, 15) is 18.0 Å². The number of anilines is 1. The van der Waals surface area contributed by atoms with Gasteiger partial charge in [-0.1, -0.05) is 6.07 Å². The Morgan fingerprint density at radius 2 is 1.71 bits per heavy atom. The van der Waals surface area contributed by atoms with E-state index < -0.39 is 23.0 Å². The Hall–Kier alpha value is -2.76. The van der Waals surface area contributed by atoms with Crippen LogP contribution in [0.15, 0.2) is 41.2 Å². The Morgan fingerprint density at radius 1 is 0.952 bits per heavy atom. The van der Waals surface area contributed by atoms with Gasteiger partial charge in [-0.3, -0.25) is 4.79 Å². The smallest absolute Gasteiger partial charge is 0.256 e. The number of rotatable bonds is 1. The van der Waals surface area contributed by atoms with Crippen molar-refractivity contribution in [3.8, 4) is 11.3 Å². The van der Waals surface area contributed by atoms with E-state index in [1.54, 1.807) is 18.2 Å². The van der Waals surface area contributed by atoms with Crippen LogP contribution in [-0.4, -0.2) is 4.98 Å². The minimum Gasteiger partial charge on any atom is -0.398 e. The van der Waals surface area contributed by atoms with E-state index in [4.69, 9.17) is 5.73 Å². The highest BCUT2D eigenvalue weighted by atomic mass is 19.2. The second kappa shape index (κ2) is 4.66. The SMILES string of the molecule is Nc1cccc2c(=O)[nH]c(-c3ccc(F)c(F)c3F)cc12. The molecule has 0 amide bonds. The molecule has 0 aliphatic carbocycles. The summed E-state index contributed by atoms with van der Waals surface area (Å²) in [5.41, 5.74) is 5.42. The summed E-state index contributed by atoms with van der Waals surface area (Å²) < 4.78 is 40.1. The van der Waals surface area contributed by atoms with E-state index in [0.29, 0.717) is 16.5 Å². The maximum absolute atomic E-state index is 13.8. The van der Waals surface area contributed by atoms with Crippen molar-refractivity contribution in [2.45, 2.75) is 0 Å². The molecule has 0 saturated carbocycles. The van der Waals surface area contributed by atoms with Gasteiger partial charge < -0.3 is 10.7 Å². The molecular weight excluding hydrogens is 281 g/mol. The molecule has 2 aromatic carbocycles. The Labute approximate surface area is 116 Å². The number of benzene rings is 2. The summed E-state index contributed by atoms with van der Waals surface area (Å²) in [5, 5.41) is 0.752.